The first-order valence-electron chi connectivity index (χ1n) is 4.84. The van der Waals surface area contributed by atoms with Crippen LogP contribution in [0.4, 0.5) is 10.5 Å². The summed E-state index contributed by atoms with van der Waals surface area (Å²) in [6, 6.07) is 4.68. The molecular formula is C11H9Cl2N3O. The molecule has 1 aliphatic rings. The predicted octanol–water partition coefficient (Wildman–Crippen LogP) is 2.33. The van der Waals surface area contributed by atoms with Crippen molar-refractivity contribution in [1.82, 2.24) is 10.3 Å². The zero-order valence-corrected chi connectivity index (χ0v) is 10.3. The largest absolute Gasteiger partial charge is 0.341 e. The van der Waals surface area contributed by atoms with Crippen LogP contribution in [0.25, 0.3) is 0 Å². The van der Waals surface area contributed by atoms with E-state index < -0.39 is 0 Å². The summed E-state index contributed by atoms with van der Waals surface area (Å²) < 4.78 is 0. The molecule has 1 heterocycles. The van der Waals surface area contributed by atoms with Crippen molar-refractivity contribution < 1.29 is 4.79 Å². The Labute approximate surface area is 109 Å². The molecule has 2 rings (SSSR count). The molecule has 17 heavy (non-hydrogen) atoms. The predicted molar refractivity (Wildman–Crippen MR) is 67.9 cm³/mol. The van der Waals surface area contributed by atoms with Crippen LogP contribution in [0.5, 0.6) is 0 Å². The first-order valence-corrected chi connectivity index (χ1v) is 5.59. The molecule has 0 unspecified atom stereocenters. The van der Waals surface area contributed by atoms with E-state index in [9.17, 15) is 4.79 Å². The van der Waals surface area contributed by atoms with Gasteiger partial charge in [-0.05, 0) is 18.2 Å². The fourth-order valence-electron chi connectivity index (χ4n) is 1.54. The van der Waals surface area contributed by atoms with Crippen molar-refractivity contribution in [1.29, 1.82) is 0 Å². The lowest BCUT2D eigenvalue weighted by Gasteiger charge is -2.16. The van der Waals surface area contributed by atoms with E-state index in [1.54, 1.807) is 18.2 Å². The monoisotopic (exact) mass is 269 g/mol. The minimum absolute atomic E-state index is 0.221. The van der Waals surface area contributed by atoms with Crippen LogP contribution in [-0.2, 0) is 0 Å². The number of rotatable bonds is 2. The van der Waals surface area contributed by atoms with E-state index in [4.69, 9.17) is 29.6 Å². The zero-order valence-electron chi connectivity index (χ0n) is 8.78. The molecule has 2 amide bonds. The second-order valence-electron chi connectivity index (χ2n) is 3.46. The lowest BCUT2D eigenvalue weighted by molar-refractivity contribution is 0.225. The molecule has 0 aliphatic carbocycles. The number of nitrogens with zero attached hydrogens (tertiary/aromatic N) is 2. The van der Waals surface area contributed by atoms with E-state index in [2.05, 4.69) is 11.3 Å². The maximum absolute atomic E-state index is 11.9. The first-order chi connectivity index (χ1) is 8.11. The average Bonchev–Trinajstić information content (AvgIpc) is 2.60. The highest BCUT2D eigenvalue weighted by molar-refractivity contribution is 6.35. The molecule has 1 aromatic rings. The van der Waals surface area contributed by atoms with Crippen LogP contribution in [0.3, 0.4) is 0 Å². The Hall–Kier alpha value is -1.41. The molecular weight excluding hydrogens is 261 g/mol. The number of carbonyl (C=O) groups excluding carboxylic acids is 1. The van der Waals surface area contributed by atoms with Crippen molar-refractivity contribution in [3.05, 3.63) is 28.2 Å². The normalized spacial score (nSPS) is 15.2. The van der Waals surface area contributed by atoms with Crippen molar-refractivity contribution in [3.63, 3.8) is 0 Å². The Bertz CT molecular complexity index is 478. The van der Waals surface area contributed by atoms with Crippen LogP contribution in [0.15, 0.2) is 18.2 Å². The Morgan fingerprint density at radius 3 is 2.59 bits per heavy atom. The third kappa shape index (κ3) is 2.47. The number of anilines is 1. The quantitative estimate of drug-likeness (QED) is 0.837. The molecule has 0 aromatic heterocycles. The van der Waals surface area contributed by atoms with Crippen LogP contribution in [0.1, 0.15) is 0 Å². The number of hydrogen-bond donors (Lipinski definition) is 1. The fourth-order valence-corrected chi connectivity index (χ4v) is 2.05. The Balaban J connectivity index is 2.24. The van der Waals surface area contributed by atoms with Gasteiger partial charge in [0.05, 0.1) is 18.9 Å². The van der Waals surface area contributed by atoms with E-state index in [1.807, 2.05) is 0 Å². The summed E-state index contributed by atoms with van der Waals surface area (Å²) in [4.78, 5) is 13.4. The summed E-state index contributed by atoms with van der Waals surface area (Å²) in [7, 11) is 0. The van der Waals surface area contributed by atoms with Crippen molar-refractivity contribution >= 4 is 34.9 Å². The van der Waals surface area contributed by atoms with Gasteiger partial charge in [-0.3, -0.25) is 4.90 Å². The first kappa shape index (κ1) is 12.1. The van der Waals surface area contributed by atoms with Crippen LogP contribution >= 0.6 is 23.2 Å². The Morgan fingerprint density at radius 1 is 1.35 bits per heavy atom. The molecule has 1 aliphatic heterocycles. The molecule has 1 N–H and O–H groups in total. The molecule has 1 fully saturated rings. The number of benzene rings is 1. The lowest BCUT2D eigenvalue weighted by Crippen LogP contribution is -2.35. The fraction of sp³-hybridized carbons (Fsp3) is 0.182. The van der Waals surface area contributed by atoms with E-state index >= 15 is 0 Å². The highest BCUT2D eigenvalue weighted by Gasteiger charge is 2.28. The topological polar surface area (TPSA) is 35.6 Å². The van der Waals surface area contributed by atoms with Gasteiger partial charge in [-0.15, -0.1) is 6.42 Å². The van der Waals surface area contributed by atoms with Crippen LogP contribution in [0, 0.1) is 12.3 Å². The van der Waals surface area contributed by atoms with Gasteiger partial charge in [-0.1, -0.05) is 29.1 Å². The number of nitrogens with one attached hydrogen (secondary N) is 1. The number of halogens is 2. The molecule has 1 aromatic carbocycles. The van der Waals surface area contributed by atoms with E-state index in [0.29, 0.717) is 22.4 Å². The number of terminal acetylenes is 1. The molecule has 0 radical (unpaired) electrons. The number of urea groups is 1. The van der Waals surface area contributed by atoms with Crippen molar-refractivity contribution in [2.45, 2.75) is 0 Å². The molecule has 0 atom stereocenters. The molecule has 0 saturated carbocycles. The zero-order chi connectivity index (χ0) is 12.4. The van der Waals surface area contributed by atoms with Crippen molar-refractivity contribution in [2.24, 2.45) is 0 Å². The third-order valence-electron chi connectivity index (χ3n) is 2.27. The molecule has 88 valence electrons. The second kappa shape index (κ2) is 4.84. The summed E-state index contributed by atoms with van der Waals surface area (Å²) in [6.07, 6.45) is 5.17. The van der Waals surface area contributed by atoms with Crippen LogP contribution in [0.2, 0.25) is 10.0 Å². The molecule has 0 bridgehead atoms. The number of hydrogen-bond acceptors (Lipinski definition) is 2. The average molecular weight is 270 g/mol. The summed E-state index contributed by atoms with van der Waals surface area (Å²) >= 11 is 11.8. The van der Waals surface area contributed by atoms with Gasteiger partial charge in [0, 0.05) is 10.0 Å². The van der Waals surface area contributed by atoms with Gasteiger partial charge in [0.1, 0.15) is 0 Å². The van der Waals surface area contributed by atoms with Crippen molar-refractivity contribution in [2.75, 3.05) is 18.2 Å². The Morgan fingerprint density at radius 2 is 2.00 bits per heavy atom. The smallest absolute Gasteiger partial charge is 0.298 e. The van der Waals surface area contributed by atoms with Gasteiger partial charge >= 0.3 is 6.03 Å². The number of hydrazine groups is 1. The van der Waals surface area contributed by atoms with Gasteiger partial charge in [0.15, 0.2) is 0 Å². The van der Waals surface area contributed by atoms with Gasteiger partial charge in [0.2, 0.25) is 0 Å². The van der Waals surface area contributed by atoms with Gasteiger partial charge in [-0.2, -0.15) is 0 Å². The Kier molecular flexibility index (Phi) is 3.43. The van der Waals surface area contributed by atoms with E-state index in [-0.39, 0.29) is 12.6 Å². The minimum Gasteiger partial charge on any atom is -0.298 e. The van der Waals surface area contributed by atoms with Crippen LogP contribution < -0.4 is 10.4 Å². The molecule has 0 spiro atoms. The summed E-state index contributed by atoms with van der Waals surface area (Å²) in [6.45, 7) is 0.629. The SMILES string of the molecule is C#CCN1CNN(c2cc(Cl)cc(Cl)c2)C1=O. The third-order valence-corrected chi connectivity index (χ3v) is 2.71. The van der Waals surface area contributed by atoms with E-state index in [0.717, 1.165) is 0 Å². The highest BCUT2D eigenvalue weighted by Crippen LogP contribution is 2.26. The molecule has 4 nitrogen and oxygen atoms in total. The maximum atomic E-state index is 11.9. The second-order valence-corrected chi connectivity index (χ2v) is 4.34. The number of amides is 2. The van der Waals surface area contributed by atoms with E-state index in [1.165, 1.54) is 9.91 Å². The summed E-state index contributed by atoms with van der Waals surface area (Å²) in [5.74, 6) is 2.42. The summed E-state index contributed by atoms with van der Waals surface area (Å²) in [5.41, 5.74) is 3.50. The lowest BCUT2D eigenvalue weighted by atomic mass is 10.3. The van der Waals surface area contributed by atoms with Crippen LogP contribution in [-0.4, -0.2) is 24.1 Å². The van der Waals surface area contributed by atoms with Gasteiger partial charge in [0.25, 0.3) is 0 Å². The number of carbonyl (C=O) groups is 1. The highest BCUT2D eigenvalue weighted by atomic mass is 35.5. The standard InChI is InChI=1S/C11H9Cl2N3O/c1-2-3-15-7-14-16(11(15)17)10-5-8(12)4-9(13)6-10/h1,4-6,14H,3,7H2. The minimum atomic E-state index is -0.221. The van der Waals surface area contributed by atoms with Crippen molar-refractivity contribution in [3.8, 4) is 12.3 Å². The summed E-state index contributed by atoms with van der Waals surface area (Å²) in [5, 5.41) is 2.31. The van der Waals surface area contributed by atoms with Gasteiger partial charge in [-0.25, -0.2) is 15.2 Å². The maximum Gasteiger partial charge on any atom is 0.341 e. The van der Waals surface area contributed by atoms with Gasteiger partial charge < -0.3 is 0 Å². The molecule has 6 heteroatoms. The molecule has 1 saturated heterocycles.